The maximum Gasteiger partial charge on any atom is 0.267 e. The predicted octanol–water partition coefficient (Wildman–Crippen LogP) is 3.01. The van der Waals surface area contributed by atoms with Crippen LogP contribution in [-0.2, 0) is 6.42 Å². The number of likely N-dealkylation sites (N-methyl/N-ethyl adjacent to an activating group) is 1. The molecule has 0 fully saturated rings. The molecule has 0 radical (unpaired) electrons. The van der Waals surface area contributed by atoms with Crippen LogP contribution in [0.3, 0.4) is 0 Å². The molecule has 0 amide bonds. The molecule has 2 aromatic rings. The van der Waals surface area contributed by atoms with Crippen LogP contribution in [0.4, 0.5) is 0 Å². The molecule has 2 atom stereocenters. The lowest BCUT2D eigenvalue weighted by Crippen LogP contribution is -2.24. The topological polar surface area (TPSA) is 60.2 Å². The minimum Gasteiger partial charge on any atom is -0.481 e. The van der Waals surface area contributed by atoms with E-state index in [4.69, 9.17) is 20.9 Å². The Morgan fingerprint density at radius 2 is 2.20 bits per heavy atom. The van der Waals surface area contributed by atoms with E-state index in [0.29, 0.717) is 34.9 Å². The van der Waals surface area contributed by atoms with Gasteiger partial charge in [0, 0.05) is 17.5 Å². The normalized spacial score (nSPS) is 14.0. The van der Waals surface area contributed by atoms with Crippen molar-refractivity contribution in [2.45, 2.75) is 32.4 Å². The predicted molar refractivity (Wildman–Crippen MR) is 77.0 cm³/mol. The van der Waals surface area contributed by atoms with Crippen molar-refractivity contribution in [3.8, 4) is 5.75 Å². The second-order valence-corrected chi connectivity index (χ2v) is 5.10. The molecular weight excluding hydrogens is 278 g/mol. The highest BCUT2D eigenvalue weighted by Crippen LogP contribution is 2.23. The van der Waals surface area contributed by atoms with Crippen LogP contribution >= 0.6 is 11.6 Å². The van der Waals surface area contributed by atoms with Gasteiger partial charge in [-0.1, -0.05) is 22.8 Å². The fourth-order valence-electron chi connectivity index (χ4n) is 1.69. The van der Waals surface area contributed by atoms with E-state index >= 15 is 0 Å². The number of hydrogen-bond acceptors (Lipinski definition) is 5. The van der Waals surface area contributed by atoms with E-state index in [1.807, 2.05) is 26.1 Å². The van der Waals surface area contributed by atoms with Crippen LogP contribution in [0.5, 0.6) is 5.75 Å². The monoisotopic (exact) mass is 295 g/mol. The van der Waals surface area contributed by atoms with E-state index in [2.05, 4.69) is 22.4 Å². The van der Waals surface area contributed by atoms with Crippen molar-refractivity contribution in [3.63, 3.8) is 0 Å². The van der Waals surface area contributed by atoms with Crippen LogP contribution in [0.15, 0.2) is 28.8 Å². The molecule has 6 heteroatoms. The standard InChI is InChI=1S/C14H18ClN3O2/c1-9(16-3)7-13-17-14(20-18-13)10(2)19-12-6-4-5-11(15)8-12/h4-6,8-10,16H,7H2,1-3H3. The number of benzene rings is 1. The highest BCUT2D eigenvalue weighted by atomic mass is 35.5. The van der Waals surface area contributed by atoms with E-state index in [9.17, 15) is 0 Å². The number of ether oxygens (including phenoxy) is 1. The summed E-state index contributed by atoms with van der Waals surface area (Å²) in [6, 6.07) is 7.51. The van der Waals surface area contributed by atoms with E-state index in [1.165, 1.54) is 0 Å². The van der Waals surface area contributed by atoms with Gasteiger partial charge in [0.1, 0.15) is 5.75 Å². The quantitative estimate of drug-likeness (QED) is 0.887. The molecule has 0 saturated carbocycles. The van der Waals surface area contributed by atoms with Crippen molar-refractivity contribution < 1.29 is 9.26 Å². The third kappa shape index (κ3) is 3.95. The summed E-state index contributed by atoms with van der Waals surface area (Å²) in [7, 11) is 1.90. The Morgan fingerprint density at radius 3 is 2.90 bits per heavy atom. The smallest absolute Gasteiger partial charge is 0.267 e. The average molecular weight is 296 g/mol. The molecule has 1 N–H and O–H groups in total. The van der Waals surface area contributed by atoms with Gasteiger partial charge in [-0.05, 0) is 39.1 Å². The molecule has 1 aromatic carbocycles. The number of aromatic nitrogens is 2. The lowest BCUT2D eigenvalue weighted by Gasteiger charge is -2.10. The lowest BCUT2D eigenvalue weighted by molar-refractivity contribution is 0.175. The van der Waals surface area contributed by atoms with Gasteiger partial charge < -0.3 is 14.6 Å². The van der Waals surface area contributed by atoms with Gasteiger partial charge in [-0.3, -0.25) is 0 Å². The largest absolute Gasteiger partial charge is 0.481 e. The minimum absolute atomic E-state index is 0.296. The van der Waals surface area contributed by atoms with E-state index < -0.39 is 0 Å². The summed E-state index contributed by atoms with van der Waals surface area (Å²) in [5.41, 5.74) is 0. The molecule has 1 heterocycles. The van der Waals surface area contributed by atoms with Crippen molar-refractivity contribution in [2.24, 2.45) is 0 Å². The highest BCUT2D eigenvalue weighted by Gasteiger charge is 2.17. The fourth-order valence-corrected chi connectivity index (χ4v) is 1.87. The zero-order chi connectivity index (χ0) is 14.5. The first kappa shape index (κ1) is 14.8. The highest BCUT2D eigenvalue weighted by molar-refractivity contribution is 6.30. The van der Waals surface area contributed by atoms with E-state index in [1.54, 1.807) is 12.1 Å². The maximum atomic E-state index is 5.91. The molecule has 0 aliphatic heterocycles. The molecule has 5 nitrogen and oxygen atoms in total. The van der Waals surface area contributed by atoms with Gasteiger partial charge >= 0.3 is 0 Å². The molecule has 2 unspecified atom stereocenters. The molecule has 0 aliphatic carbocycles. The number of nitrogens with zero attached hydrogens (tertiary/aromatic N) is 2. The van der Waals surface area contributed by atoms with Crippen molar-refractivity contribution in [2.75, 3.05) is 7.05 Å². The molecular formula is C14H18ClN3O2. The first-order valence-electron chi connectivity index (χ1n) is 6.50. The summed E-state index contributed by atoms with van der Waals surface area (Å²) >= 11 is 5.91. The number of nitrogens with one attached hydrogen (secondary N) is 1. The van der Waals surface area contributed by atoms with Crippen molar-refractivity contribution in [1.29, 1.82) is 0 Å². The minimum atomic E-state index is -0.320. The van der Waals surface area contributed by atoms with Crippen molar-refractivity contribution >= 4 is 11.6 Å². The fraction of sp³-hybridized carbons (Fsp3) is 0.429. The summed E-state index contributed by atoms with van der Waals surface area (Å²) in [6.45, 7) is 3.92. The number of halogens is 1. The van der Waals surface area contributed by atoms with Crippen LogP contribution in [-0.4, -0.2) is 23.2 Å². The Hall–Kier alpha value is -1.59. The zero-order valence-corrected chi connectivity index (χ0v) is 12.5. The Morgan fingerprint density at radius 1 is 1.40 bits per heavy atom. The summed E-state index contributed by atoms with van der Waals surface area (Å²) in [4.78, 5) is 4.34. The Labute approximate surface area is 123 Å². The Kier molecular flexibility index (Phi) is 4.98. The molecule has 0 aliphatic rings. The maximum absolute atomic E-state index is 5.91. The van der Waals surface area contributed by atoms with Gasteiger partial charge in [0.05, 0.1) is 0 Å². The van der Waals surface area contributed by atoms with Crippen molar-refractivity contribution in [3.05, 3.63) is 41.0 Å². The molecule has 108 valence electrons. The van der Waals surface area contributed by atoms with Gasteiger partial charge in [-0.2, -0.15) is 4.98 Å². The summed E-state index contributed by atoms with van der Waals surface area (Å²) < 4.78 is 11.0. The molecule has 20 heavy (non-hydrogen) atoms. The van der Waals surface area contributed by atoms with Crippen LogP contribution in [0.25, 0.3) is 0 Å². The second-order valence-electron chi connectivity index (χ2n) is 4.66. The van der Waals surface area contributed by atoms with Crippen LogP contribution in [0.2, 0.25) is 5.02 Å². The third-order valence-electron chi connectivity index (χ3n) is 2.92. The molecule has 2 rings (SSSR count). The lowest BCUT2D eigenvalue weighted by atomic mass is 10.2. The zero-order valence-electron chi connectivity index (χ0n) is 11.8. The first-order valence-corrected chi connectivity index (χ1v) is 6.88. The van der Waals surface area contributed by atoms with Gasteiger partial charge in [-0.25, -0.2) is 0 Å². The summed E-state index contributed by atoms with van der Waals surface area (Å²) in [5, 5.41) is 7.71. The van der Waals surface area contributed by atoms with Gasteiger partial charge in [0.25, 0.3) is 5.89 Å². The van der Waals surface area contributed by atoms with E-state index in [-0.39, 0.29) is 6.10 Å². The van der Waals surface area contributed by atoms with E-state index in [0.717, 1.165) is 0 Å². The second kappa shape index (κ2) is 6.72. The Bertz CT molecular complexity index is 559. The summed E-state index contributed by atoms with van der Waals surface area (Å²) in [5.74, 6) is 1.81. The van der Waals surface area contributed by atoms with Gasteiger partial charge in [0.2, 0.25) is 0 Å². The first-order chi connectivity index (χ1) is 9.58. The van der Waals surface area contributed by atoms with Crippen molar-refractivity contribution in [1.82, 2.24) is 15.5 Å². The van der Waals surface area contributed by atoms with Crippen LogP contribution in [0, 0.1) is 0 Å². The van der Waals surface area contributed by atoms with Gasteiger partial charge in [-0.15, -0.1) is 0 Å². The molecule has 0 spiro atoms. The Balaban J connectivity index is 2.00. The number of hydrogen-bond donors (Lipinski definition) is 1. The SMILES string of the molecule is CNC(C)Cc1noc(C(C)Oc2cccc(Cl)c2)n1. The molecule has 0 saturated heterocycles. The molecule has 0 bridgehead atoms. The van der Waals surface area contributed by atoms with Gasteiger partial charge in [0.15, 0.2) is 11.9 Å². The van der Waals surface area contributed by atoms with Crippen LogP contribution < -0.4 is 10.1 Å². The summed E-state index contributed by atoms with van der Waals surface area (Å²) in [6.07, 6.45) is 0.392. The van der Waals surface area contributed by atoms with Crippen LogP contribution in [0.1, 0.15) is 31.7 Å². The third-order valence-corrected chi connectivity index (χ3v) is 3.16. The average Bonchev–Trinajstić information content (AvgIpc) is 2.87. The number of rotatable bonds is 6. The molecule has 1 aromatic heterocycles.